The van der Waals surface area contributed by atoms with E-state index in [9.17, 15) is 14.4 Å². The number of rotatable bonds is 9. The highest BCUT2D eigenvalue weighted by Gasteiger charge is 2.27. The molecular weight excluding hydrogens is 531 g/mol. The number of thioether (sulfide) groups is 1. The lowest BCUT2D eigenvalue weighted by Crippen LogP contribution is -2.21. The molecule has 3 aromatic heterocycles. The van der Waals surface area contributed by atoms with Crippen LogP contribution in [0.2, 0.25) is 0 Å². The van der Waals surface area contributed by atoms with Crippen molar-refractivity contribution in [1.82, 2.24) is 19.7 Å². The van der Waals surface area contributed by atoms with E-state index >= 15 is 0 Å². The number of esters is 1. The number of amides is 2. The van der Waals surface area contributed by atoms with Crippen LogP contribution in [0.25, 0.3) is 11.4 Å². The Morgan fingerprint density at radius 2 is 1.97 bits per heavy atom. The highest BCUT2D eigenvalue weighted by Crippen LogP contribution is 2.37. The van der Waals surface area contributed by atoms with E-state index in [0.717, 1.165) is 48.5 Å². The zero-order chi connectivity index (χ0) is 26.7. The number of aromatic nitrogens is 3. The maximum Gasteiger partial charge on any atom is 0.341 e. The normalized spacial score (nSPS) is 12.8. The molecule has 3 aromatic rings. The first-order valence-corrected chi connectivity index (χ1v) is 14.8. The standard InChI is InChI=1S/C25H31N5O4S3/c1-6-11-30-21(16-12-35-17-10-8-7-9-15(16)17)27-28-25(30)36-13-18(31)26-22-19(24(33)34-5)14(2)20(37-22)23(32)29(3)4/h12H,6-11,13H2,1-5H3,(H,26,31). The van der Waals surface area contributed by atoms with Gasteiger partial charge in [-0.1, -0.05) is 18.7 Å². The third-order valence-corrected chi connectivity index (χ3v) is 9.44. The van der Waals surface area contributed by atoms with E-state index < -0.39 is 5.97 Å². The number of hydrogen-bond donors (Lipinski definition) is 1. The molecule has 1 N–H and O–H groups in total. The van der Waals surface area contributed by atoms with Gasteiger partial charge in [-0.05, 0) is 50.2 Å². The van der Waals surface area contributed by atoms with Crippen LogP contribution in [0.4, 0.5) is 5.00 Å². The Labute approximate surface area is 228 Å². The summed E-state index contributed by atoms with van der Waals surface area (Å²) in [6.45, 7) is 4.54. The van der Waals surface area contributed by atoms with Crippen molar-refractivity contribution in [3.05, 3.63) is 31.8 Å². The quantitative estimate of drug-likeness (QED) is 0.293. The second-order valence-corrected chi connectivity index (χ2v) is 11.9. The summed E-state index contributed by atoms with van der Waals surface area (Å²) >= 11 is 4.18. The molecule has 0 fully saturated rings. The van der Waals surface area contributed by atoms with Gasteiger partial charge in [-0.15, -0.1) is 32.9 Å². The van der Waals surface area contributed by atoms with Crippen molar-refractivity contribution in [3.63, 3.8) is 0 Å². The largest absolute Gasteiger partial charge is 0.465 e. The van der Waals surface area contributed by atoms with E-state index in [4.69, 9.17) is 4.74 Å². The molecule has 1 aliphatic carbocycles. The van der Waals surface area contributed by atoms with Gasteiger partial charge in [0.25, 0.3) is 5.91 Å². The molecule has 0 atom stereocenters. The minimum Gasteiger partial charge on any atom is -0.465 e. The summed E-state index contributed by atoms with van der Waals surface area (Å²) in [4.78, 5) is 41.2. The maximum atomic E-state index is 12.9. The fourth-order valence-electron chi connectivity index (χ4n) is 4.35. The third-order valence-electron chi connectivity index (χ3n) is 6.19. The van der Waals surface area contributed by atoms with Crippen LogP contribution in [0.15, 0.2) is 10.5 Å². The lowest BCUT2D eigenvalue weighted by Gasteiger charge is -2.13. The van der Waals surface area contributed by atoms with Crippen LogP contribution in [-0.2, 0) is 28.9 Å². The second kappa shape index (κ2) is 11.8. The van der Waals surface area contributed by atoms with E-state index in [-0.39, 0.29) is 23.1 Å². The molecule has 3 heterocycles. The highest BCUT2D eigenvalue weighted by atomic mass is 32.2. The van der Waals surface area contributed by atoms with Crippen LogP contribution >= 0.6 is 34.4 Å². The van der Waals surface area contributed by atoms with Crippen LogP contribution < -0.4 is 5.32 Å². The van der Waals surface area contributed by atoms with Crippen molar-refractivity contribution >= 4 is 57.2 Å². The summed E-state index contributed by atoms with van der Waals surface area (Å²) in [6, 6.07) is 0. The molecule has 0 unspecified atom stereocenters. The average molecular weight is 562 g/mol. The summed E-state index contributed by atoms with van der Waals surface area (Å²) in [6.07, 6.45) is 5.53. The molecule has 1 aliphatic rings. The summed E-state index contributed by atoms with van der Waals surface area (Å²) in [5.41, 5.74) is 3.24. The van der Waals surface area contributed by atoms with Crippen molar-refractivity contribution in [1.29, 1.82) is 0 Å². The summed E-state index contributed by atoms with van der Waals surface area (Å²) in [5.74, 6) is -0.198. The number of carbonyl (C=O) groups excluding carboxylic acids is 3. The number of methoxy groups -OCH3 is 1. The van der Waals surface area contributed by atoms with Crippen molar-refractivity contribution < 1.29 is 19.1 Å². The lowest BCUT2D eigenvalue weighted by molar-refractivity contribution is -0.113. The van der Waals surface area contributed by atoms with E-state index in [1.165, 1.54) is 47.1 Å². The van der Waals surface area contributed by atoms with Crippen molar-refractivity contribution in [2.45, 2.75) is 57.7 Å². The predicted molar refractivity (Wildman–Crippen MR) is 148 cm³/mol. The summed E-state index contributed by atoms with van der Waals surface area (Å²) in [5, 5.41) is 14.9. The second-order valence-electron chi connectivity index (χ2n) is 9.00. The minimum absolute atomic E-state index is 0.0815. The number of anilines is 1. The minimum atomic E-state index is -0.596. The van der Waals surface area contributed by atoms with E-state index in [1.54, 1.807) is 32.4 Å². The van der Waals surface area contributed by atoms with Crippen LogP contribution in [0.5, 0.6) is 0 Å². The molecule has 4 rings (SSSR count). The Morgan fingerprint density at radius 3 is 2.68 bits per heavy atom. The van der Waals surface area contributed by atoms with Gasteiger partial charge in [0, 0.05) is 36.5 Å². The van der Waals surface area contributed by atoms with Gasteiger partial charge in [-0.3, -0.25) is 9.59 Å². The first-order valence-electron chi connectivity index (χ1n) is 12.2. The number of ether oxygens (including phenoxy) is 1. The number of fused-ring (bicyclic) bond motifs is 1. The van der Waals surface area contributed by atoms with Gasteiger partial charge in [0.05, 0.1) is 23.3 Å². The monoisotopic (exact) mass is 561 g/mol. The van der Waals surface area contributed by atoms with Gasteiger partial charge in [0.15, 0.2) is 11.0 Å². The molecule has 0 radical (unpaired) electrons. The summed E-state index contributed by atoms with van der Waals surface area (Å²) in [7, 11) is 4.55. The molecule has 0 saturated heterocycles. The fourth-order valence-corrected chi connectivity index (χ4v) is 7.47. The first kappa shape index (κ1) is 27.3. The first-order chi connectivity index (χ1) is 17.8. The molecule has 0 saturated carbocycles. The Hall–Kier alpha value is -2.70. The maximum absolute atomic E-state index is 12.9. The molecule has 9 nitrogen and oxygen atoms in total. The Kier molecular flexibility index (Phi) is 8.71. The summed E-state index contributed by atoms with van der Waals surface area (Å²) < 4.78 is 7.00. The Morgan fingerprint density at radius 1 is 1.22 bits per heavy atom. The molecule has 0 bridgehead atoms. The zero-order valence-electron chi connectivity index (χ0n) is 21.7. The topological polar surface area (TPSA) is 106 Å². The number of carbonyl (C=O) groups is 3. The van der Waals surface area contributed by atoms with Gasteiger partial charge < -0.3 is 19.5 Å². The van der Waals surface area contributed by atoms with Crippen molar-refractivity contribution in [2.24, 2.45) is 0 Å². The molecular formula is C25H31N5O4S3. The number of thiophene rings is 2. The number of aryl methyl sites for hydroxylation is 1. The lowest BCUT2D eigenvalue weighted by atomic mass is 9.95. The van der Waals surface area contributed by atoms with Crippen LogP contribution in [-0.4, -0.2) is 64.4 Å². The van der Waals surface area contributed by atoms with Crippen molar-refractivity contribution in [3.8, 4) is 11.4 Å². The van der Waals surface area contributed by atoms with Gasteiger partial charge in [-0.25, -0.2) is 4.79 Å². The van der Waals surface area contributed by atoms with Crippen LogP contribution in [0, 0.1) is 6.92 Å². The highest BCUT2D eigenvalue weighted by molar-refractivity contribution is 7.99. The Balaban J connectivity index is 1.53. The van der Waals surface area contributed by atoms with E-state index in [1.807, 2.05) is 0 Å². The van der Waals surface area contributed by atoms with Crippen LogP contribution in [0.1, 0.15) is 62.2 Å². The molecule has 37 heavy (non-hydrogen) atoms. The van der Waals surface area contributed by atoms with Gasteiger partial charge in [0.1, 0.15) is 5.00 Å². The molecule has 12 heteroatoms. The van der Waals surface area contributed by atoms with Gasteiger partial charge in [0.2, 0.25) is 5.91 Å². The van der Waals surface area contributed by atoms with Gasteiger partial charge >= 0.3 is 5.97 Å². The molecule has 2 amide bonds. The van der Waals surface area contributed by atoms with Crippen molar-refractivity contribution in [2.75, 3.05) is 32.3 Å². The predicted octanol–water partition coefficient (Wildman–Crippen LogP) is 4.88. The van der Waals surface area contributed by atoms with E-state index in [0.29, 0.717) is 20.6 Å². The zero-order valence-corrected chi connectivity index (χ0v) is 24.1. The van der Waals surface area contributed by atoms with Gasteiger partial charge in [-0.2, -0.15) is 0 Å². The van der Waals surface area contributed by atoms with E-state index in [2.05, 4.69) is 32.4 Å². The molecule has 0 aliphatic heterocycles. The molecule has 0 aromatic carbocycles. The Bertz CT molecular complexity index is 1320. The smallest absolute Gasteiger partial charge is 0.341 e. The fraction of sp³-hybridized carbons (Fsp3) is 0.480. The number of nitrogens with zero attached hydrogens (tertiary/aromatic N) is 4. The number of hydrogen-bond acceptors (Lipinski definition) is 9. The number of nitrogens with one attached hydrogen (secondary N) is 1. The SMILES string of the molecule is CCCn1c(SCC(=O)Nc2sc(C(=O)N(C)C)c(C)c2C(=O)OC)nnc1-c1csc2c1CCCC2. The third kappa shape index (κ3) is 5.60. The molecule has 0 spiro atoms. The molecule has 198 valence electrons. The van der Waals surface area contributed by atoms with Crippen LogP contribution in [0.3, 0.4) is 0 Å². The average Bonchev–Trinajstić information content (AvgIpc) is 3.57.